The van der Waals surface area contributed by atoms with Crippen LogP contribution >= 0.6 is 0 Å². The molecule has 0 spiro atoms. The Kier molecular flexibility index (Phi) is 2.55. The molecule has 15 heavy (non-hydrogen) atoms. The number of carbonyl (C=O) groups excluding carboxylic acids is 1. The fourth-order valence-electron chi connectivity index (χ4n) is 3.85. The standard InChI is InChI=1S/C13H21NO/c15-13-6-5-12(7-13)14-8-10-3-1-2-4-11(10)9-14/h10-12H,1-9H2. The Morgan fingerprint density at radius 2 is 1.67 bits per heavy atom. The summed E-state index contributed by atoms with van der Waals surface area (Å²) in [7, 11) is 0. The predicted molar refractivity (Wildman–Crippen MR) is 59.7 cm³/mol. The van der Waals surface area contributed by atoms with Gasteiger partial charge in [0.25, 0.3) is 0 Å². The molecule has 0 N–H and O–H groups in total. The molecule has 2 nitrogen and oxygen atoms in total. The van der Waals surface area contributed by atoms with Gasteiger partial charge in [0.1, 0.15) is 5.78 Å². The quantitative estimate of drug-likeness (QED) is 0.657. The van der Waals surface area contributed by atoms with Gasteiger partial charge in [-0.2, -0.15) is 0 Å². The van der Waals surface area contributed by atoms with Crippen LogP contribution in [0.3, 0.4) is 0 Å². The van der Waals surface area contributed by atoms with E-state index in [1.165, 1.54) is 38.8 Å². The highest BCUT2D eigenvalue weighted by molar-refractivity contribution is 5.81. The zero-order chi connectivity index (χ0) is 10.3. The van der Waals surface area contributed by atoms with E-state index in [4.69, 9.17) is 0 Å². The van der Waals surface area contributed by atoms with Crippen LogP contribution in [0.4, 0.5) is 0 Å². The lowest BCUT2D eigenvalue weighted by Crippen LogP contribution is -2.31. The molecular formula is C13H21NO. The summed E-state index contributed by atoms with van der Waals surface area (Å²) in [6.07, 6.45) is 8.61. The van der Waals surface area contributed by atoms with Gasteiger partial charge in [0.2, 0.25) is 0 Å². The van der Waals surface area contributed by atoms with Crippen LogP contribution < -0.4 is 0 Å². The second kappa shape index (κ2) is 3.89. The maximum absolute atomic E-state index is 11.3. The molecule has 0 radical (unpaired) electrons. The van der Waals surface area contributed by atoms with Gasteiger partial charge in [-0.1, -0.05) is 12.8 Å². The van der Waals surface area contributed by atoms with Gasteiger partial charge in [0, 0.05) is 32.0 Å². The number of fused-ring (bicyclic) bond motifs is 1. The molecule has 1 heterocycles. The van der Waals surface area contributed by atoms with E-state index in [0.717, 1.165) is 31.1 Å². The van der Waals surface area contributed by atoms with Crippen molar-refractivity contribution in [2.75, 3.05) is 13.1 Å². The summed E-state index contributed by atoms with van der Waals surface area (Å²) < 4.78 is 0. The largest absolute Gasteiger partial charge is 0.300 e. The molecule has 3 aliphatic rings. The second-order valence-corrected chi connectivity index (χ2v) is 5.69. The van der Waals surface area contributed by atoms with Crippen LogP contribution in [0.25, 0.3) is 0 Å². The first-order chi connectivity index (χ1) is 7.33. The molecule has 1 aliphatic heterocycles. The molecule has 2 heteroatoms. The molecule has 2 aliphatic carbocycles. The number of ketones is 1. The molecule has 84 valence electrons. The first-order valence-electron chi connectivity index (χ1n) is 6.58. The monoisotopic (exact) mass is 207 g/mol. The van der Waals surface area contributed by atoms with Crippen molar-refractivity contribution in [1.29, 1.82) is 0 Å². The highest BCUT2D eigenvalue weighted by Gasteiger charge is 2.38. The topological polar surface area (TPSA) is 20.3 Å². The first-order valence-corrected chi connectivity index (χ1v) is 6.58. The SMILES string of the molecule is O=C1CCC(N2CC3CCCCC3C2)C1. The average Bonchev–Trinajstić information content (AvgIpc) is 2.82. The molecule has 0 aromatic rings. The van der Waals surface area contributed by atoms with Gasteiger partial charge in [-0.05, 0) is 31.1 Å². The number of carbonyl (C=O) groups is 1. The first kappa shape index (κ1) is 9.83. The Balaban J connectivity index is 1.62. The lowest BCUT2D eigenvalue weighted by molar-refractivity contribution is -0.117. The lowest BCUT2D eigenvalue weighted by Gasteiger charge is -2.23. The second-order valence-electron chi connectivity index (χ2n) is 5.69. The molecule has 1 saturated heterocycles. The molecule has 0 aromatic heterocycles. The Hall–Kier alpha value is -0.370. The third-order valence-electron chi connectivity index (χ3n) is 4.74. The Morgan fingerprint density at radius 1 is 1.00 bits per heavy atom. The Bertz CT molecular complexity index is 249. The van der Waals surface area contributed by atoms with E-state index in [0.29, 0.717) is 11.8 Å². The predicted octanol–water partition coefficient (Wildman–Crippen LogP) is 2.23. The van der Waals surface area contributed by atoms with E-state index in [9.17, 15) is 4.79 Å². The molecule has 3 atom stereocenters. The molecule has 3 fully saturated rings. The number of hydrogen-bond acceptors (Lipinski definition) is 2. The minimum Gasteiger partial charge on any atom is -0.300 e. The zero-order valence-corrected chi connectivity index (χ0v) is 9.45. The van der Waals surface area contributed by atoms with Gasteiger partial charge >= 0.3 is 0 Å². The van der Waals surface area contributed by atoms with Crippen molar-refractivity contribution in [3.8, 4) is 0 Å². The van der Waals surface area contributed by atoms with E-state index in [1.807, 2.05) is 0 Å². The third kappa shape index (κ3) is 1.84. The number of Topliss-reactive ketones (excluding diaryl/α,β-unsaturated/α-hetero) is 1. The summed E-state index contributed by atoms with van der Waals surface area (Å²) in [4.78, 5) is 13.9. The third-order valence-corrected chi connectivity index (χ3v) is 4.74. The molecule has 0 bridgehead atoms. The summed E-state index contributed by atoms with van der Waals surface area (Å²) in [6.45, 7) is 2.59. The number of hydrogen-bond donors (Lipinski definition) is 0. The van der Waals surface area contributed by atoms with Crippen LogP contribution in [0, 0.1) is 11.8 Å². The van der Waals surface area contributed by atoms with Crippen molar-refractivity contribution >= 4 is 5.78 Å². The van der Waals surface area contributed by atoms with Crippen LogP contribution in [0.1, 0.15) is 44.9 Å². The van der Waals surface area contributed by atoms with Crippen molar-refractivity contribution in [3.05, 3.63) is 0 Å². The van der Waals surface area contributed by atoms with Crippen molar-refractivity contribution in [2.45, 2.75) is 51.0 Å². The summed E-state index contributed by atoms with van der Waals surface area (Å²) in [5.41, 5.74) is 0. The Morgan fingerprint density at radius 3 is 2.20 bits per heavy atom. The van der Waals surface area contributed by atoms with E-state index in [-0.39, 0.29) is 0 Å². The van der Waals surface area contributed by atoms with Crippen molar-refractivity contribution in [2.24, 2.45) is 11.8 Å². The maximum atomic E-state index is 11.3. The summed E-state index contributed by atoms with van der Waals surface area (Å²) in [5, 5.41) is 0. The molecule has 0 amide bonds. The highest BCUT2D eigenvalue weighted by Crippen LogP contribution is 2.38. The van der Waals surface area contributed by atoms with Crippen LogP contribution in [-0.4, -0.2) is 29.8 Å². The normalized spacial score (nSPS) is 42.1. The number of rotatable bonds is 1. The van der Waals surface area contributed by atoms with Gasteiger partial charge in [-0.25, -0.2) is 0 Å². The van der Waals surface area contributed by atoms with E-state index < -0.39 is 0 Å². The smallest absolute Gasteiger partial charge is 0.134 e. The van der Waals surface area contributed by atoms with Crippen molar-refractivity contribution in [3.63, 3.8) is 0 Å². The highest BCUT2D eigenvalue weighted by atomic mass is 16.1. The molecule has 3 unspecified atom stereocenters. The van der Waals surface area contributed by atoms with E-state index >= 15 is 0 Å². The fraction of sp³-hybridized carbons (Fsp3) is 0.923. The Labute approximate surface area is 92.0 Å². The number of nitrogens with zero attached hydrogens (tertiary/aromatic N) is 1. The van der Waals surface area contributed by atoms with Crippen molar-refractivity contribution < 1.29 is 4.79 Å². The van der Waals surface area contributed by atoms with Gasteiger partial charge in [0.15, 0.2) is 0 Å². The van der Waals surface area contributed by atoms with Gasteiger partial charge in [-0.15, -0.1) is 0 Å². The van der Waals surface area contributed by atoms with Crippen LogP contribution in [0.2, 0.25) is 0 Å². The molecular weight excluding hydrogens is 186 g/mol. The molecule has 3 rings (SSSR count). The number of likely N-dealkylation sites (tertiary alicyclic amines) is 1. The summed E-state index contributed by atoms with van der Waals surface area (Å²) in [6, 6.07) is 0.614. The van der Waals surface area contributed by atoms with Gasteiger partial charge in [0.05, 0.1) is 0 Å². The summed E-state index contributed by atoms with van der Waals surface area (Å²) >= 11 is 0. The van der Waals surface area contributed by atoms with Crippen LogP contribution in [0.5, 0.6) is 0 Å². The van der Waals surface area contributed by atoms with Gasteiger partial charge in [-0.3, -0.25) is 9.69 Å². The van der Waals surface area contributed by atoms with Crippen LogP contribution in [-0.2, 0) is 4.79 Å². The van der Waals surface area contributed by atoms with E-state index in [1.54, 1.807) is 0 Å². The van der Waals surface area contributed by atoms with Crippen LogP contribution in [0.15, 0.2) is 0 Å². The average molecular weight is 207 g/mol. The maximum Gasteiger partial charge on any atom is 0.134 e. The molecule has 0 aromatic carbocycles. The lowest BCUT2D eigenvalue weighted by atomic mass is 9.82. The fourth-order valence-corrected chi connectivity index (χ4v) is 3.85. The van der Waals surface area contributed by atoms with Crippen molar-refractivity contribution in [1.82, 2.24) is 4.90 Å². The summed E-state index contributed by atoms with van der Waals surface area (Å²) in [5.74, 6) is 2.43. The minimum atomic E-state index is 0.495. The van der Waals surface area contributed by atoms with E-state index in [2.05, 4.69) is 4.90 Å². The molecule has 2 saturated carbocycles. The van der Waals surface area contributed by atoms with Gasteiger partial charge < -0.3 is 0 Å². The zero-order valence-electron chi connectivity index (χ0n) is 9.45. The minimum absolute atomic E-state index is 0.495.